The number of hydrogen-bond donors (Lipinski definition) is 1. The van der Waals surface area contributed by atoms with Crippen LogP contribution in [0.1, 0.15) is 24.8 Å². The van der Waals surface area contributed by atoms with E-state index in [9.17, 15) is 4.79 Å². The zero-order valence-corrected chi connectivity index (χ0v) is 13.5. The Balaban J connectivity index is 1.91. The number of aromatic nitrogens is 1. The largest absolute Gasteiger partial charge is 0.383 e. The zero-order valence-electron chi connectivity index (χ0n) is 13.5. The van der Waals surface area contributed by atoms with Crippen molar-refractivity contribution < 1.29 is 9.53 Å². The monoisotopic (exact) mass is 313 g/mol. The molecule has 0 aliphatic carbocycles. The number of carbonyl (C=O) groups is 1. The number of primary amides is 1. The fraction of sp³-hybridized carbons (Fsp3) is 0.444. The fourth-order valence-corrected chi connectivity index (χ4v) is 3.75. The molecule has 1 unspecified atom stereocenters. The van der Waals surface area contributed by atoms with Gasteiger partial charge in [0.1, 0.15) is 0 Å². The molecule has 3 rings (SSSR count). The number of para-hydroxylation sites is 1. The number of ether oxygens (including phenoxy) is 1. The van der Waals surface area contributed by atoms with Crippen molar-refractivity contribution in [3.8, 4) is 0 Å². The first kappa shape index (κ1) is 15.9. The number of pyridine rings is 1. The van der Waals surface area contributed by atoms with Crippen LogP contribution in [0.25, 0.3) is 10.9 Å². The van der Waals surface area contributed by atoms with Crippen molar-refractivity contribution >= 4 is 16.8 Å². The number of nitrogens with two attached hydrogens (primary N) is 1. The number of amides is 1. The number of methoxy groups -OCH3 is 1. The molecule has 122 valence electrons. The number of hydrogen-bond acceptors (Lipinski definition) is 4. The fourth-order valence-electron chi connectivity index (χ4n) is 3.75. The van der Waals surface area contributed by atoms with Gasteiger partial charge in [0.25, 0.3) is 0 Å². The molecule has 23 heavy (non-hydrogen) atoms. The summed E-state index contributed by atoms with van der Waals surface area (Å²) in [7, 11) is 1.68. The van der Waals surface area contributed by atoms with E-state index in [1.165, 1.54) is 5.56 Å². The molecule has 1 aliphatic rings. The number of carbonyl (C=O) groups excluding carboxylic acids is 1. The Morgan fingerprint density at radius 2 is 2.22 bits per heavy atom. The van der Waals surface area contributed by atoms with Gasteiger partial charge in [0.15, 0.2) is 0 Å². The number of benzene rings is 1. The van der Waals surface area contributed by atoms with E-state index in [4.69, 9.17) is 10.5 Å². The summed E-state index contributed by atoms with van der Waals surface area (Å²) in [5, 5.41) is 1.14. The van der Waals surface area contributed by atoms with Crippen LogP contribution in [0.15, 0.2) is 36.5 Å². The van der Waals surface area contributed by atoms with E-state index >= 15 is 0 Å². The van der Waals surface area contributed by atoms with Crippen molar-refractivity contribution in [2.45, 2.75) is 31.3 Å². The predicted octanol–water partition coefficient (Wildman–Crippen LogP) is 2.09. The summed E-state index contributed by atoms with van der Waals surface area (Å²) in [6, 6.07) is 10.3. The van der Waals surface area contributed by atoms with Gasteiger partial charge in [-0.2, -0.15) is 0 Å². The lowest BCUT2D eigenvalue weighted by Crippen LogP contribution is -2.49. The Hall–Kier alpha value is -1.98. The van der Waals surface area contributed by atoms with E-state index in [-0.39, 0.29) is 11.4 Å². The van der Waals surface area contributed by atoms with Crippen LogP contribution in [0.4, 0.5) is 0 Å². The third-order valence-corrected chi connectivity index (χ3v) is 4.73. The molecular formula is C18H23N3O2. The first-order chi connectivity index (χ1) is 11.1. The minimum atomic E-state index is -0.294. The minimum Gasteiger partial charge on any atom is -0.383 e. The second kappa shape index (κ2) is 6.64. The quantitative estimate of drug-likeness (QED) is 0.886. The van der Waals surface area contributed by atoms with E-state index in [2.05, 4.69) is 34.1 Å². The zero-order chi connectivity index (χ0) is 16.3. The molecule has 0 bridgehead atoms. The van der Waals surface area contributed by atoms with E-state index in [1.54, 1.807) is 7.11 Å². The molecule has 1 saturated heterocycles. The molecule has 0 radical (unpaired) electrons. The van der Waals surface area contributed by atoms with Gasteiger partial charge in [-0.25, -0.2) is 0 Å². The number of nitrogens with zero attached hydrogens (tertiary/aromatic N) is 2. The topological polar surface area (TPSA) is 68.5 Å². The molecule has 1 aliphatic heterocycles. The molecule has 1 fully saturated rings. The van der Waals surface area contributed by atoms with E-state index < -0.39 is 0 Å². The summed E-state index contributed by atoms with van der Waals surface area (Å²) >= 11 is 0. The number of likely N-dealkylation sites (tertiary alicyclic amines) is 1. The maximum atomic E-state index is 11.6. The third kappa shape index (κ3) is 3.21. The Kier molecular flexibility index (Phi) is 4.59. The second-order valence-electron chi connectivity index (χ2n) is 6.32. The van der Waals surface area contributed by atoms with Gasteiger partial charge in [0, 0.05) is 31.7 Å². The molecule has 0 saturated carbocycles. The van der Waals surface area contributed by atoms with Crippen LogP contribution in [0.3, 0.4) is 0 Å². The molecule has 0 spiro atoms. The van der Waals surface area contributed by atoms with E-state index in [0.29, 0.717) is 13.0 Å². The lowest BCUT2D eigenvalue weighted by molar-refractivity contribution is -0.121. The summed E-state index contributed by atoms with van der Waals surface area (Å²) < 4.78 is 5.42. The van der Waals surface area contributed by atoms with Gasteiger partial charge in [-0.3, -0.25) is 14.7 Å². The maximum absolute atomic E-state index is 11.6. The highest BCUT2D eigenvalue weighted by Crippen LogP contribution is 2.35. The van der Waals surface area contributed by atoms with Gasteiger partial charge in [0.2, 0.25) is 5.91 Å². The van der Waals surface area contributed by atoms with Gasteiger partial charge in [0.05, 0.1) is 17.7 Å². The smallest absolute Gasteiger partial charge is 0.219 e. The van der Waals surface area contributed by atoms with Crippen LogP contribution in [0.5, 0.6) is 0 Å². The summed E-state index contributed by atoms with van der Waals surface area (Å²) in [4.78, 5) is 18.4. The number of rotatable bonds is 6. The average molecular weight is 313 g/mol. The Morgan fingerprint density at radius 1 is 1.39 bits per heavy atom. The Labute approximate surface area is 136 Å². The molecular weight excluding hydrogens is 290 g/mol. The highest BCUT2D eigenvalue weighted by Gasteiger charge is 2.42. The van der Waals surface area contributed by atoms with Crippen LogP contribution in [0.2, 0.25) is 0 Å². The van der Waals surface area contributed by atoms with Crippen molar-refractivity contribution in [1.82, 2.24) is 9.88 Å². The van der Waals surface area contributed by atoms with Crippen molar-refractivity contribution in [1.29, 1.82) is 0 Å². The lowest BCUT2D eigenvalue weighted by atomic mass is 9.92. The Morgan fingerprint density at radius 3 is 3.00 bits per heavy atom. The first-order valence-corrected chi connectivity index (χ1v) is 7.99. The molecule has 5 nitrogen and oxygen atoms in total. The van der Waals surface area contributed by atoms with Gasteiger partial charge < -0.3 is 10.5 Å². The van der Waals surface area contributed by atoms with Crippen molar-refractivity contribution in [3.05, 3.63) is 42.1 Å². The molecule has 1 atom stereocenters. The molecule has 1 amide bonds. The lowest BCUT2D eigenvalue weighted by Gasteiger charge is -2.37. The second-order valence-corrected chi connectivity index (χ2v) is 6.32. The number of fused-ring (bicyclic) bond motifs is 1. The SMILES string of the molecule is COCC1(CC(N)=O)CCCN1Cc1cccc2cccnc12. The predicted molar refractivity (Wildman–Crippen MR) is 89.8 cm³/mol. The first-order valence-electron chi connectivity index (χ1n) is 7.99. The van der Waals surface area contributed by atoms with E-state index in [0.717, 1.165) is 36.8 Å². The van der Waals surface area contributed by atoms with Crippen LogP contribution < -0.4 is 5.73 Å². The van der Waals surface area contributed by atoms with Gasteiger partial charge >= 0.3 is 0 Å². The van der Waals surface area contributed by atoms with Crippen LogP contribution in [-0.2, 0) is 16.1 Å². The normalized spacial score (nSPS) is 21.8. The maximum Gasteiger partial charge on any atom is 0.219 e. The van der Waals surface area contributed by atoms with Crippen molar-refractivity contribution in [3.63, 3.8) is 0 Å². The average Bonchev–Trinajstić information content (AvgIpc) is 2.89. The highest BCUT2D eigenvalue weighted by atomic mass is 16.5. The highest BCUT2D eigenvalue weighted by molar-refractivity contribution is 5.81. The van der Waals surface area contributed by atoms with Crippen LogP contribution in [-0.4, -0.2) is 41.6 Å². The van der Waals surface area contributed by atoms with Crippen LogP contribution in [0, 0.1) is 0 Å². The van der Waals surface area contributed by atoms with Gasteiger partial charge in [-0.15, -0.1) is 0 Å². The van der Waals surface area contributed by atoms with E-state index in [1.807, 2.05) is 12.3 Å². The summed E-state index contributed by atoms with van der Waals surface area (Å²) in [5.41, 5.74) is 7.40. The van der Waals surface area contributed by atoms with Crippen LogP contribution >= 0.6 is 0 Å². The van der Waals surface area contributed by atoms with Crippen molar-refractivity contribution in [2.24, 2.45) is 5.73 Å². The van der Waals surface area contributed by atoms with Crippen molar-refractivity contribution in [2.75, 3.05) is 20.3 Å². The third-order valence-electron chi connectivity index (χ3n) is 4.73. The van der Waals surface area contributed by atoms with Gasteiger partial charge in [-0.05, 0) is 31.0 Å². The standard InChI is InChI=1S/C18H23N3O2/c1-23-13-18(11-16(19)22)8-4-10-21(18)12-15-6-2-5-14-7-3-9-20-17(14)15/h2-3,5-7,9H,4,8,10-13H2,1H3,(H2,19,22). The minimum absolute atomic E-state index is 0.273. The molecule has 1 aromatic heterocycles. The summed E-state index contributed by atoms with van der Waals surface area (Å²) in [6.45, 7) is 2.22. The van der Waals surface area contributed by atoms with Gasteiger partial charge in [-0.1, -0.05) is 24.3 Å². The molecule has 2 N–H and O–H groups in total. The summed E-state index contributed by atoms with van der Waals surface area (Å²) in [5.74, 6) is -0.273. The summed E-state index contributed by atoms with van der Waals surface area (Å²) in [6.07, 6.45) is 4.14. The molecule has 5 heteroatoms. The molecule has 1 aromatic carbocycles. The molecule has 2 heterocycles. The molecule has 2 aromatic rings. The Bertz CT molecular complexity index is 698.